The Bertz CT molecular complexity index is 441. The van der Waals surface area contributed by atoms with Crippen LogP contribution in [0, 0.1) is 0 Å². The van der Waals surface area contributed by atoms with Gasteiger partial charge in [0.1, 0.15) is 0 Å². The van der Waals surface area contributed by atoms with Gasteiger partial charge in [0.05, 0.1) is 0 Å². The van der Waals surface area contributed by atoms with E-state index in [0.29, 0.717) is 6.04 Å². The fraction of sp³-hybridized carbons (Fsp3) is 0.231. The summed E-state index contributed by atoms with van der Waals surface area (Å²) in [4.78, 5) is 0. The van der Waals surface area contributed by atoms with Gasteiger partial charge in [0.15, 0.2) is 0 Å². The summed E-state index contributed by atoms with van der Waals surface area (Å²) in [5.74, 6) is 0. The van der Waals surface area contributed by atoms with Crippen LogP contribution in [0.25, 0.3) is 5.69 Å². The van der Waals surface area contributed by atoms with Gasteiger partial charge in [-0.25, -0.2) is 0 Å². The van der Waals surface area contributed by atoms with Crippen molar-refractivity contribution in [1.29, 1.82) is 0 Å². The minimum absolute atomic E-state index is 0.713. The zero-order valence-corrected chi connectivity index (χ0v) is 8.56. The maximum Gasteiger partial charge on any atom is 0.0469 e. The first-order valence-corrected chi connectivity index (χ1v) is 5.42. The summed E-state index contributed by atoms with van der Waals surface area (Å²) in [5.41, 5.74) is 2.44. The van der Waals surface area contributed by atoms with E-state index in [0.717, 1.165) is 0 Å². The number of hydrogen-bond acceptors (Lipinski definition) is 1. The lowest BCUT2D eigenvalue weighted by atomic mass is 10.2. The van der Waals surface area contributed by atoms with Gasteiger partial charge < -0.3 is 9.88 Å². The molecule has 1 aromatic heterocycles. The van der Waals surface area contributed by atoms with Gasteiger partial charge in [-0.1, -0.05) is 6.07 Å². The first kappa shape index (κ1) is 8.60. The van der Waals surface area contributed by atoms with Crippen LogP contribution < -0.4 is 5.32 Å². The molecule has 0 aliphatic heterocycles. The zero-order valence-electron chi connectivity index (χ0n) is 8.56. The van der Waals surface area contributed by atoms with Crippen LogP contribution in [0.5, 0.6) is 0 Å². The smallest absolute Gasteiger partial charge is 0.0469 e. The minimum Gasteiger partial charge on any atom is -0.382 e. The molecule has 2 heteroatoms. The number of benzene rings is 1. The SMILES string of the molecule is c1cc(NC2CC2)cc(-n2cccc2)c1. The molecule has 0 radical (unpaired) electrons. The summed E-state index contributed by atoms with van der Waals surface area (Å²) >= 11 is 0. The highest BCUT2D eigenvalue weighted by atomic mass is 15.0. The van der Waals surface area contributed by atoms with Crippen LogP contribution in [-0.4, -0.2) is 10.6 Å². The van der Waals surface area contributed by atoms with Crippen LogP contribution in [0.1, 0.15) is 12.8 Å². The molecule has 15 heavy (non-hydrogen) atoms. The minimum atomic E-state index is 0.713. The predicted molar refractivity (Wildman–Crippen MR) is 62.4 cm³/mol. The van der Waals surface area contributed by atoms with Crippen molar-refractivity contribution < 1.29 is 0 Å². The van der Waals surface area contributed by atoms with Crippen LogP contribution in [0.2, 0.25) is 0 Å². The Balaban J connectivity index is 1.88. The fourth-order valence-corrected chi connectivity index (χ4v) is 1.73. The van der Waals surface area contributed by atoms with Gasteiger partial charge in [-0.05, 0) is 43.2 Å². The molecule has 1 aromatic carbocycles. The Morgan fingerprint density at radius 1 is 1.07 bits per heavy atom. The largest absolute Gasteiger partial charge is 0.382 e. The highest BCUT2D eigenvalue weighted by Crippen LogP contribution is 2.25. The summed E-state index contributed by atoms with van der Waals surface area (Å²) in [7, 11) is 0. The van der Waals surface area contributed by atoms with E-state index in [1.54, 1.807) is 0 Å². The quantitative estimate of drug-likeness (QED) is 0.802. The van der Waals surface area contributed by atoms with Crippen LogP contribution in [0.3, 0.4) is 0 Å². The van der Waals surface area contributed by atoms with E-state index in [4.69, 9.17) is 0 Å². The van der Waals surface area contributed by atoms with Crippen molar-refractivity contribution >= 4 is 5.69 Å². The Morgan fingerprint density at radius 2 is 1.87 bits per heavy atom. The van der Waals surface area contributed by atoms with Crippen molar-refractivity contribution in [3.05, 3.63) is 48.8 Å². The van der Waals surface area contributed by atoms with Gasteiger partial charge in [-0.2, -0.15) is 0 Å². The monoisotopic (exact) mass is 198 g/mol. The lowest BCUT2D eigenvalue weighted by Crippen LogP contribution is -2.01. The van der Waals surface area contributed by atoms with E-state index in [9.17, 15) is 0 Å². The highest BCUT2D eigenvalue weighted by molar-refractivity contribution is 5.52. The predicted octanol–water partition coefficient (Wildman–Crippen LogP) is 3.05. The highest BCUT2D eigenvalue weighted by Gasteiger charge is 2.20. The lowest BCUT2D eigenvalue weighted by Gasteiger charge is -2.07. The Hall–Kier alpha value is -1.70. The number of rotatable bonds is 3. The molecule has 1 saturated carbocycles. The van der Waals surface area contributed by atoms with Gasteiger partial charge in [0.2, 0.25) is 0 Å². The van der Waals surface area contributed by atoms with Gasteiger partial charge in [-0.15, -0.1) is 0 Å². The molecule has 0 amide bonds. The molecule has 1 fully saturated rings. The van der Waals surface area contributed by atoms with Gasteiger partial charge in [0, 0.05) is 29.8 Å². The van der Waals surface area contributed by atoms with Crippen molar-refractivity contribution in [2.24, 2.45) is 0 Å². The number of nitrogens with zero attached hydrogens (tertiary/aromatic N) is 1. The average molecular weight is 198 g/mol. The number of aromatic nitrogens is 1. The summed E-state index contributed by atoms with van der Waals surface area (Å²) in [6.07, 6.45) is 6.76. The number of hydrogen-bond donors (Lipinski definition) is 1. The first-order chi connectivity index (χ1) is 7.42. The molecule has 2 aromatic rings. The molecule has 0 atom stereocenters. The third-order valence-electron chi connectivity index (χ3n) is 2.70. The van der Waals surface area contributed by atoms with Gasteiger partial charge in [-0.3, -0.25) is 0 Å². The molecule has 2 nitrogen and oxygen atoms in total. The van der Waals surface area contributed by atoms with Crippen LogP contribution in [0.15, 0.2) is 48.8 Å². The summed E-state index contributed by atoms with van der Waals surface area (Å²) in [6, 6.07) is 13.3. The van der Waals surface area contributed by atoms with Crippen molar-refractivity contribution in [3.63, 3.8) is 0 Å². The maximum atomic E-state index is 3.50. The second kappa shape index (κ2) is 3.46. The number of nitrogens with one attached hydrogen (secondary N) is 1. The molecule has 1 heterocycles. The van der Waals surface area contributed by atoms with E-state index in [1.165, 1.54) is 24.2 Å². The third-order valence-corrected chi connectivity index (χ3v) is 2.70. The van der Waals surface area contributed by atoms with E-state index in [-0.39, 0.29) is 0 Å². The van der Waals surface area contributed by atoms with E-state index < -0.39 is 0 Å². The first-order valence-electron chi connectivity index (χ1n) is 5.42. The van der Waals surface area contributed by atoms with Crippen LogP contribution in [0.4, 0.5) is 5.69 Å². The summed E-state index contributed by atoms with van der Waals surface area (Å²) < 4.78 is 2.12. The Morgan fingerprint density at radius 3 is 2.60 bits per heavy atom. The molecular weight excluding hydrogens is 184 g/mol. The Labute approximate surface area is 89.5 Å². The van der Waals surface area contributed by atoms with E-state index in [2.05, 4.69) is 46.5 Å². The molecule has 0 unspecified atom stereocenters. The third kappa shape index (κ3) is 1.89. The molecule has 1 N–H and O–H groups in total. The van der Waals surface area contributed by atoms with Crippen molar-refractivity contribution in [2.75, 3.05) is 5.32 Å². The molecule has 0 spiro atoms. The standard InChI is InChI=1S/C13H14N2/c1-2-9-15(8-1)13-5-3-4-12(10-13)14-11-6-7-11/h1-5,8-11,14H,6-7H2. The zero-order chi connectivity index (χ0) is 10.1. The lowest BCUT2D eigenvalue weighted by molar-refractivity contribution is 1.07. The molecule has 76 valence electrons. The fourth-order valence-electron chi connectivity index (χ4n) is 1.73. The van der Waals surface area contributed by atoms with E-state index >= 15 is 0 Å². The summed E-state index contributed by atoms with van der Waals surface area (Å²) in [6.45, 7) is 0. The normalized spacial score (nSPS) is 15.2. The van der Waals surface area contributed by atoms with Crippen LogP contribution in [-0.2, 0) is 0 Å². The van der Waals surface area contributed by atoms with Crippen LogP contribution >= 0.6 is 0 Å². The second-order valence-corrected chi connectivity index (χ2v) is 4.06. The number of anilines is 1. The summed E-state index contributed by atoms with van der Waals surface area (Å²) in [5, 5.41) is 3.50. The second-order valence-electron chi connectivity index (χ2n) is 4.06. The maximum absolute atomic E-state index is 3.50. The molecule has 3 rings (SSSR count). The molecule has 0 saturated heterocycles. The van der Waals surface area contributed by atoms with Gasteiger partial charge in [0.25, 0.3) is 0 Å². The average Bonchev–Trinajstić information content (AvgIpc) is 2.91. The van der Waals surface area contributed by atoms with E-state index in [1.807, 2.05) is 12.1 Å². The van der Waals surface area contributed by atoms with Crippen molar-refractivity contribution in [2.45, 2.75) is 18.9 Å². The molecule has 1 aliphatic rings. The van der Waals surface area contributed by atoms with Gasteiger partial charge >= 0.3 is 0 Å². The van der Waals surface area contributed by atoms with Crippen molar-refractivity contribution in [1.82, 2.24) is 4.57 Å². The molecule has 0 bridgehead atoms. The topological polar surface area (TPSA) is 17.0 Å². The molecule has 1 aliphatic carbocycles. The van der Waals surface area contributed by atoms with Crippen molar-refractivity contribution in [3.8, 4) is 5.69 Å². The molecular formula is C13H14N2. The Kier molecular flexibility index (Phi) is 1.98.